The topological polar surface area (TPSA) is 46.3 Å². The van der Waals surface area contributed by atoms with E-state index in [0.29, 0.717) is 12.3 Å². The van der Waals surface area contributed by atoms with Crippen LogP contribution in [-0.2, 0) is 4.79 Å². The monoisotopic (exact) mass is 282 g/mol. The third-order valence-electron chi connectivity index (χ3n) is 4.52. The maximum absolute atomic E-state index is 12.5. The van der Waals surface area contributed by atoms with Crippen LogP contribution in [0.4, 0.5) is 0 Å². The Bertz CT molecular complexity index is 262. The summed E-state index contributed by atoms with van der Waals surface area (Å²) >= 11 is 0. The quantitative estimate of drug-likeness (QED) is 0.618. The van der Waals surface area contributed by atoms with Crippen LogP contribution in [0.1, 0.15) is 84.5 Å². The van der Waals surface area contributed by atoms with Gasteiger partial charge in [-0.2, -0.15) is 0 Å². The second-order valence-corrected chi connectivity index (χ2v) is 6.54. The predicted octanol–water partition coefficient (Wildman–Crippen LogP) is 3.86. The van der Waals surface area contributed by atoms with Crippen LogP contribution >= 0.6 is 0 Å². The number of unbranched alkanes of at least 4 members (excludes halogenated alkanes) is 4. The van der Waals surface area contributed by atoms with Crippen molar-refractivity contribution >= 4 is 5.91 Å². The molecule has 0 spiro atoms. The maximum atomic E-state index is 12.5. The van der Waals surface area contributed by atoms with E-state index < -0.39 is 0 Å². The lowest BCUT2D eigenvalue weighted by molar-refractivity contribution is -0.132. The van der Waals surface area contributed by atoms with Crippen LogP contribution in [0, 0.1) is 0 Å². The molecule has 2 N–H and O–H groups in total. The maximum Gasteiger partial charge on any atom is 0.224 e. The molecular formula is C17H34N2O. The van der Waals surface area contributed by atoms with E-state index >= 15 is 0 Å². The largest absolute Gasteiger partial charge is 0.343 e. The summed E-state index contributed by atoms with van der Waals surface area (Å²) in [6, 6.07) is 0. The van der Waals surface area contributed by atoms with E-state index in [1.54, 1.807) is 0 Å². The van der Waals surface area contributed by atoms with Gasteiger partial charge in [0.1, 0.15) is 0 Å². The highest BCUT2D eigenvalue weighted by Crippen LogP contribution is 2.30. The lowest BCUT2D eigenvalue weighted by Crippen LogP contribution is -2.44. The van der Waals surface area contributed by atoms with Crippen LogP contribution in [-0.4, -0.2) is 29.4 Å². The Morgan fingerprint density at radius 2 is 1.50 bits per heavy atom. The lowest BCUT2D eigenvalue weighted by Gasteiger charge is -2.29. The Kier molecular flexibility index (Phi) is 8.20. The van der Waals surface area contributed by atoms with Crippen LogP contribution in [0.2, 0.25) is 0 Å². The van der Waals surface area contributed by atoms with Gasteiger partial charge in [-0.05, 0) is 25.7 Å². The van der Waals surface area contributed by atoms with E-state index in [1.165, 1.54) is 38.5 Å². The molecule has 0 aromatic carbocycles. The van der Waals surface area contributed by atoms with Crippen molar-refractivity contribution in [3.05, 3.63) is 0 Å². The van der Waals surface area contributed by atoms with Gasteiger partial charge >= 0.3 is 0 Å². The molecule has 1 saturated carbocycles. The summed E-state index contributed by atoms with van der Waals surface area (Å²) in [6.45, 7) is 6.26. The smallest absolute Gasteiger partial charge is 0.224 e. The second-order valence-electron chi connectivity index (χ2n) is 6.54. The number of nitrogens with two attached hydrogens (primary N) is 1. The van der Waals surface area contributed by atoms with Crippen molar-refractivity contribution in [1.82, 2.24) is 4.90 Å². The number of hydrogen-bond donors (Lipinski definition) is 1. The van der Waals surface area contributed by atoms with Crippen LogP contribution in [0.3, 0.4) is 0 Å². The molecular weight excluding hydrogens is 248 g/mol. The Balaban J connectivity index is 2.44. The molecule has 0 aromatic rings. The van der Waals surface area contributed by atoms with Crippen LogP contribution < -0.4 is 5.73 Å². The van der Waals surface area contributed by atoms with E-state index in [0.717, 1.165) is 38.8 Å². The number of hydrogen-bond acceptors (Lipinski definition) is 2. The van der Waals surface area contributed by atoms with Crippen LogP contribution in [0.5, 0.6) is 0 Å². The minimum Gasteiger partial charge on any atom is -0.343 e. The molecule has 0 radical (unpaired) electrons. The van der Waals surface area contributed by atoms with E-state index in [2.05, 4.69) is 18.7 Å². The first-order valence-electron chi connectivity index (χ1n) is 8.68. The van der Waals surface area contributed by atoms with Crippen molar-refractivity contribution in [2.45, 2.75) is 90.0 Å². The highest BCUT2D eigenvalue weighted by atomic mass is 16.2. The highest BCUT2D eigenvalue weighted by molar-refractivity contribution is 5.77. The van der Waals surface area contributed by atoms with Gasteiger partial charge in [-0.25, -0.2) is 0 Å². The van der Waals surface area contributed by atoms with E-state index in [9.17, 15) is 4.79 Å². The number of rotatable bonds is 10. The van der Waals surface area contributed by atoms with Gasteiger partial charge in [-0.15, -0.1) is 0 Å². The van der Waals surface area contributed by atoms with Crippen molar-refractivity contribution in [3.63, 3.8) is 0 Å². The van der Waals surface area contributed by atoms with Gasteiger partial charge in [0.2, 0.25) is 5.91 Å². The lowest BCUT2D eigenvalue weighted by atomic mass is 9.94. The van der Waals surface area contributed by atoms with Crippen molar-refractivity contribution in [2.75, 3.05) is 13.1 Å². The fourth-order valence-electron chi connectivity index (χ4n) is 3.14. The molecule has 1 amide bonds. The number of amides is 1. The Labute approximate surface area is 125 Å². The fourth-order valence-corrected chi connectivity index (χ4v) is 3.14. The van der Waals surface area contributed by atoms with Crippen molar-refractivity contribution in [1.29, 1.82) is 0 Å². The molecule has 0 saturated heterocycles. The summed E-state index contributed by atoms with van der Waals surface area (Å²) in [5, 5.41) is 0. The van der Waals surface area contributed by atoms with E-state index in [-0.39, 0.29) is 5.54 Å². The molecule has 0 heterocycles. The second kappa shape index (κ2) is 9.38. The van der Waals surface area contributed by atoms with Crippen LogP contribution in [0.25, 0.3) is 0 Å². The molecule has 20 heavy (non-hydrogen) atoms. The van der Waals surface area contributed by atoms with Gasteiger partial charge in [0.25, 0.3) is 0 Å². The molecule has 0 atom stereocenters. The number of nitrogens with zero attached hydrogens (tertiary/aromatic N) is 1. The zero-order chi connectivity index (χ0) is 14.8. The van der Waals surface area contributed by atoms with Gasteiger partial charge in [0.15, 0.2) is 0 Å². The molecule has 1 aliphatic carbocycles. The third-order valence-corrected chi connectivity index (χ3v) is 4.52. The summed E-state index contributed by atoms with van der Waals surface area (Å²) in [5.74, 6) is 0.293. The third kappa shape index (κ3) is 6.25. The summed E-state index contributed by atoms with van der Waals surface area (Å²) in [4.78, 5) is 14.6. The summed E-state index contributed by atoms with van der Waals surface area (Å²) in [7, 11) is 0. The Morgan fingerprint density at radius 1 is 1.00 bits per heavy atom. The normalized spacial score (nSPS) is 17.4. The van der Waals surface area contributed by atoms with Gasteiger partial charge in [-0.1, -0.05) is 52.4 Å². The molecule has 118 valence electrons. The van der Waals surface area contributed by atoms with Crippen molar-refractivity contribution in [3.8, 4) is 0 Å². The first-order chi connectivity index (χ1) is 9.61. The van der Waals surface area contributed by atoms with E-state index in [1.807, 2.05) is 0 Å². The van der Waals surface area contributed by atoms with E-state index in [4.69, 9.17) is 5.73 Å². The Hall–Kier alpha value is -0.570. The predicted molar refractivity (Wildman–Crippen MR) is 85.6 cm³/mol. The van der Waals surface area contributed by atoms with Crippen LogP contribution in [0.15, 0.2) is 0 Å². The first kappa shape index (κ1) is 17.5. The summed E-state index contributed by atoms with van der Waals surface area (Å²) in [6.07, 6.45) is 12.1. The average molecular weight is 282 g/mol. The SMILES string of the molecule is CCCCCN(CCCCC)C(=O)CC1(N)CCCC1. The molecule has 3 nitrogen and oxygen atoms in total. The number of carbonyl (C=O) groups excluding carboxylic acids is 1. The molecule has 1 fully saturated rings. The van der Waals surface area contributed by atoms with Crippen molar-refractivity contribution in [2.24, 2.45) is 5.73 Å². The summed E-state index contributed by atoms with van der Waals surface area (Å²) < 4.78 is 0. The Morgan fingerprint density at radius 3 is 1.95 bits per heavy atom. The van der Waals surface area contributed by atoms with Gasteiger partial charge in [-0.3, -0.25) is 4.79 Å². The zero-order valence-corrected chi connectivity index (χ0v) is 13.6. The average Bonchev–Trinajstić information content (AvgIpc) is 2.83. The molecule has 0 bridgehead atoms. The molecule has 1 rings (SSSR count). The molecule has 0 aliphatic heterocycles. The minimum absolute atomic E-state index is 0.204. The minimum atomic E-state index is -0.204. The van der Waals surface area contributed by atoms with Gasteiger partial charge in [0, 0.05) is 25.0 Å². The fraction of sp³-hybridized carbons (Fsp3) is 0.941. The molecule has 0 aromatic heterocycles. The molecule has 1 aliphatic rings. The standard InChI is InChI=1S/C17H34N2O/c1-3-5-9-13-19(14-10-6-4-2)16(20)15-17(18)11-7-8-12-17/h3-15,18H2,1-2H3. The molecule has 3 heteroatoms. The molecule has 0 unspecified atom stereocenters. The zero-order valence-electron chi connectivity index (χ0n) is 13.6. The van der Waals surface area contributed by atoms with Gasteiger partial charge < -0.3 is 10.6 Å². The van der Waals surface area contributed by atoms with Gasteiger partial charge in [0.05, 0.1) is 0 Å². The highest BCUT2D eigenvalue weighted by Gasteiger charge is 2.33. The first-order valence-corrected chi connectivity index (χ1v) is 8.68. The summed E-state index contributed by atoms with van der Waals surface area (Å²) in [5.41, 5.74) is 6.16. The van der Waals surface area contributed by atoms with Crippen molar-refractivity contribution < 1.29 is 4.79 Å². The number of carbonyl (C=O) groups is 1.